The number of nitrogens with zero attached hydrogens (tertiary/aromatic N) is 1. The van der Waals surface area contributed by atoms with Gasteiger partial charge in [-0.1, -0.05) is 39.0 Å². The van der Waals surface area contributed by atoms with Gasteiger partial charge >= 0.3 is 0 Å². The van der Waals surface area contributed by atoms with E-state index in [0.717, 1.165) is 23.2 Å². The zero-order valence-electron chi connectivity index (χ0n) is 12.3. The number of benzene rings is 1. The van der Waals surface area contributed by atoms with Gasteiger partial charge < -0.3 is 4.74 Å². The maximum atomic E-state index is 10.7. The average Bonchev–Trinajstić information content (AvgIpc) is 2.40. The summed E-state index contributed by atoms with van der Waals surface area (Å²) >= 11 is 0. The minimum atomic E-state index is -0.00671. The van der Waals surface area contributed by atoms with Crippen molar-refractivity contribution in [3.05, 3.63) is 53.2 Å². The number of pyridine rings is 1. The Morgan fingerprint density at radius 1 is 1.20 bits per heavy atom. The van der Waals surface area contributed by atoms with Crippen molar-refractivity contribution in [1.82, 2.24) is 4.98 Å². The predicted molar refractivity (Wildman–Crippen MR) is 79.6 cm³/mol. The van der Waals surface area contributed by atoms with Gasteiger partial charge in [0.15, 0.2) is 6.29 Å². The van der Waals surface area contributed by atoms with Gasteiger partial charge in [0.25, 0.3) is 0 Å². The van der Waals surface area contributed by atoms with Gasteiger partial charge in [0.2, 0.25) is 5.88 Å². The molecule has 3 heteroatoms. The molecule has 0 fully saturated rings. The zero-order valence-corrected chi connectivity index (χ0v) is 12.3. The molecule has 0 aliphatic rings. The number of ether oxygens (including phenoxy) is 1. The number of aromatic nitrogens is 1. The van der Waals surface area contributed by atoms with Crippen molar-refractivity contribution >= 4 is 6.29 Å². The van der Waals surface area contributed by atoms with Gasteiger partial charge in [-0.15, -0.1) is 0 Å². The van der Waals surface area contributed by atoms with Crippen LogP contribution in [0.5, 0.6) is 11.6 Å². The summed E-state index contributed by atoms with van der Waals surface area (Å²) in [5, 5.41) is 0. The molecule has 2 aromatic rings. The van der Waals surface area contributed by atoms with Crippen molar-refractivity contribution < 1.29 is 9.53 Å². The number of aryl methyl sites for hydroxylation is 1. The Labute approximate surface area is 119 Å². The van der Waals surface area contributed by atoms with Gasteiger partial charge in [-0.3, -0.25) is 4.79 Å². The number of hydrogen-bond acceptors (Lipinski definition) is 3. The molecule has 0 N–H and O–H groups in total. The van der Waals surface area contributed by atoms with E-state index in [1.807, 2.05) is 25.1 Å². The summed E-state index contributed by atoms with van der Waals surface area (Å²) in [6.07, 6.45) is 2.31. The third-order valence-corrected chi connectivity index (χ3v) is 3.09. The molecule has 3 nitrogen and oxygen atoms in total. The lowest BCUT2D eigenvalue weighted by Gasteiger charge is -2.22. The van der Waals surface area contributed by atoms with E-state index >= 15 is 0 Å². The Bertz CT molecular complexity index is 627. The van der Waals surface area contributed by atoms with Gasteiger partial charge in [-0.2, -0.15) is 0 Å². The maximum Gasteiger partial charge on any atom is 0.222 e. The minimum Gasteiger partial charge on any atom is -0.438 e. The van der Waals surface area contributed by atoms with Crippen molar-refractivity contribution in [2.75, 3.05) is 0 Å². The third-order valence-electron chi connectivity index (χ3n) is 3.09. The van der Waals surface area contributed by atoms with Crippen molar-refractivity contribution in [3.63, 3.8) is 0 Å². The molecule has 0 amide bonds. The number of hydrogen-bond donors (Lipinski definition) is 0. The van der Waals surface area contributed by atoms with Crippen molar-refractivity contribution in [3.8, 4) is 11.6 Å². The van der Waals surface area contributed by atoms with Crippen LogP contribution in [0, 0.1) is 6.92 Å². The fourth-order valence-electron chi connectivity index (χ4n) is 2.03. The van der Waals surface area contributed by atoms with E-state index in [4.69, 9.17) is 4.74 Å². The molecule has 0 saturated carbocycles. The van der Waals surface area contributed by atoms with Crippen LogP contribution in [0.1, 0.15) is 42.3 Å². The summed E-state index contributed by atoms with van der Waals surface area (Å²) in [7, 11) is 0. The van der Waals surface area contributed by atoms with Crippen molar-refractivity contribution in [2.45, 2.75) is 33.1 Å². The Morgan fingerprint density at radius 2 is 1.90 bits per heavy atom. The molecule has 0 unspecified atom stereocenters. The number of aldehydes is 1. The molecule has 0 aliphatic carbocycles. The standard InChI is InChI=1S/C17H19NO2/c1-12-9-13(11-19)10-18-16(12)20-15-8-6-5-7-14(15)17(2,3)4/h5-11H,1-4H3. The van der Waals surface area contributed by atoms with Crippen LogP contribution < -0.4 is 4.74 Å². The first-order valence-corrected chi connectivity index (χ1v) is 6.61. The van der Waals surface area contributed by atoms with E-state index < -0.39 is 0 Å². The van der Waals surface area contributed by atoms with Crippen LogP contribution in [0.25, 0.3) is 0 Å². The van der Waals surface area contributed by atoms with Crippen molar-refractivity contribution in [2.24, 2.45) is 0 Å². The van der Waals surface area contributed by atoms with E-state index in [-0.39, 0.29) is 5.41 Å². The summed E-state index contributed by atoms with van der Waals surface area (Å²) in [6.45, 7) is 8.32. The lowest BCUT2D eigenvalue weighted by Crippen LogP contribution is -2.12. The number of rotatable bonds is 3. The molecule has 0 radical (unpaired) electrons. The van der Waals surface area contributed by atoms with Crippen LogP contribution in [-0.2, 0) is 5.41 Å². The number of para-hydroxylation sites is 1. The monoisotopic (exact) mass is 269 g/mol. The van der Waals surface area contributed by atoms with Gasteiger partial charge in [0.05, 0.1) is 0 Å². The second kappa shape index (κ2) is 5.45. The largest absolute Gasteiger partial charge is 0.438 e. The van der Waals surface area contributed by atoms with E-state index in [2.05, 4.69) is 31.8 Å². The Kier molecular flexibility index (Phi) is 3.89. The quantitative estimate of drug-likeness (QED) is 0.780. The molecule has 1 aromatic carbocycles. The highest BCUT2D eigenvalue weighted by Gasteiger charge is 2.19. The number of carbonyl (C=O) groups is 1. The Balaban J connectivity index is 2.38. The SMILES string of the molecule is Cc1cc(C=O)cnc1Oc1ccccc1C(C)(C)C. The molecular formula is C17H19NO2. The fourth-order valence-corrected chi connectivity index (χ4v) is 2.03. The molecule has 0 aliphatic heterocycles. The van der Waals surface area contributed by atoms with Gasteiger partial charge in [-0.25, -0.2) is 4.98 Å². The number of carbonyl (C=O) groups excluding carboxylic acids is 1. The highest BCUT2D eigenvalue weighted by molar-refractivity contribution is 5.74. The molecule has 0 atom stereocenters. The first kappa shape index (κ1) is 14.3. The highest BCUT2D eigenvalue weighted by atomic mass is 16.5. The average molecular weight is 269 g/mol. The van der Waals surface area contributed by atoms with Crippen LogP contribution in [0.4, 0.5) is 0 Å². The van der Waals surface area contributed by atoms with Crippen LogP contribution in [0.2, 0.25) is 0 Å². The second-order valence-corrected chi connectivity index (χ2v) is 5.86. The van der Waals surface area contributed by atoms with Crippen LogP contribution >= 0.6 is 0 Å². The van der Waals surface area contributed by atoms with Gasteiger partial charge in [0.1, 0.15) is 5.75 Å². The molecule has 0 saturated heterocycles. The lowest BCUT2D eigenvalue weighted by atomic mass is 9.86. The molecule has 2 rings (SSSR count). The Hall–Kier alpha value is -2.16. The first-order valence-electron chi connectivity index (χ1n) is 6.61. The van der Waals surface area contributed by atoms with Crippen LogP contribution in [0.3, 0.4) is 0 Å². The fraction of sp³-hybridized carbons (Fsp3) is 0.294. The molecule has 1 heterocycles. The molecular weight excluding hydrogens is 250 g/mol. The van der Waals surface area contributed by atoms with E-state index in [1.165, 1.54) is 6.20 Å². The minimum absolute atomic E-state index is 0.00671. The molecule has 20 heavy (non-hydrogen) atoms. The van der Waals surface area contributed by atoms with Crippen molar-refractivity contribution in [1.29, 1.82) is 0 Å². The van der Waals surface area contributed by atoms with Gasteiger partial charge in [0, 0.05) is 22.9 Å². The highest BCUT2D eigenvalue weighted by Crippen LogP contribution is 2.34. The third kappa shape index (κ3) is 3.05. The smallest absolute Gasteiger partial charge is 0.222 e. The second-order valence-electron chi connectivity index (χ2n) is 5.86. The Morgan fingerprint density at radius 3 is 2.50 bits per heavy atom. The summed E-state index contributed by atoms with van der Waals surface area (Å²) < 4.78 is 5.94. The summed E-state index contributed by atoms with van der Waals surface area (Å²) in [5.41, 5.74) is 2.52. The molecule has 0 bridgehead atoms. The van der Waals surface area contributed by atoms with E-state index in [1.54, 1.807) is 6.07 Å². The zero-order chi connectivity index (χ0) is 14.8. The normalized spacial score (nSPS) is 11.2. The summed E-state index contributed by atoms with van der Waals surface area (Å²) in [4.78, 5) is 14.9. The van der Waals surface area contributed by atoms with Crippen LogP contribution in [0.15, 0.2) is 36.5 Å². The first-order chi connectivity index (χ1) is 9.41. The lowest BCUT2D eigenvalue weighted by molar-refractivity contribution is 0.112. The van der Waals surface area contributed by atoms with E-state index in [9.17, 15) is 4.79 Å². The molecule has 0 spiro atoms. The topological polar surface area (TPSA) is 39.2 Å². The molecule has 104 valence electrons. The van der Waals surface area contributed by atoms with Crippen LogP contribution in [-0.4, -0.2) is 11.3 Å². The van der Waals surface area contributed by atoms with E-state index in [0.29, 0.717) is 11.4 Å². The summed E-state index contributed by atoms with van der Waals surface area (Å²) in [6, 6.07) is 9.72. The summed E-state index contributed by atoms with van der Waals surface area (Å²) in [5.74, 6) is 1.33. The van der Waals surface area contributed by atoms with Gasteiger partial charge in [-0.05, 0) is 24.5 Å². The molecule has 1 aromatic heterocycles. The maximum absolute atomic E-state index is 10.7. The predicted octanol–water partition coefficient (Wildman–Crippen LogP) is 4.29.